The van der Waals surface area contributed by atoms with Crippen LogP contribution in [0.3, 0.4) is 0 Å². The number of hydrogen-bond acceptors (Lipinski definition) is 4. The maximum absolute atomic E-state index is 14.3. The Hall–Kier alpha value is -2.78. The van der Waals surface area contributed by atoms with Crippen molar-refractivity contribution in [2.24, 2.45) is 0 Å². The highest BCUT2D eigenvalue weighted by atomic mass is 35.5. The molecule has 1 N–H and O–H groups in total. The number of hydrogen-bond donors (Lipinski definition) is 1. The number of carbonyl (C=O) groups is 2. The first-order valence-electron chi connectivity index (χ1n) is 14.3. The first kappa shape index (κ1) is 33.1. The van der Waals surface area contributed by atoms with E-state index in [1.54, 1.807) is 42.5 Å². The third-order valence-corrected chi connectivity index (χ3v) is 10.6. The average molecular weight is 665 g/mol. The molecule has 0 aromatic heterocycles. The second kappa shape index (κ2) is 14.3. The third-order valence-electron chi connectivity index (χ3n) is 7.77. The number of aryl methyl sites for hydroxylation is 2. The van der Waals surface area contributed by atoms with E-state index in [2.05, 4.69) is 5.32 Å². The number of sulfonamides is 1. The maximum atomic E-state index is 14.3. The van der Waals surface area contributed by atoms with Crippen molar-refractivity contribution in [3.63, 3.8) is 0 Å². The van der Waals surface area contributed by atoms with E-state index in [1.165, 1.54) is 23.1 Å². The zero-order valence-electron chi connectivity index (χ0n) is 24.4. The molecule has 2 amide bonds. The SMILES string of the molecule is CCC(C(=O)NC1CCCC1)N(Cc1ccc(Cl)cc1Cl)C(=O)CN(c1ccc(C)c(Cl)c1)S(=O)(=O)c1ccc(C)cc1. The molecule has 0 aliphatic heterocycles. The van der Waals surface area contributed by atoms with Gasteiger partial charge >= 0.3 is 0 Å². The lowest BCUT2D eigenvalue weighted by Gasteiger charge is -2.34. The molecule has 7 nitrogen and oxygen atoms in total. The van der Waals surface area contributed by atoms with Crippen LogP contribution < -0.4 is 9.62 Å². The van der Waals surface area contributed by atoms with Crippen LogP contribution in [0.15, 0.2) is 65.6 Å². The molecule has 1 saturated carbocycles. The summed E-state index contributed by atoms with van der Waals surface area (Å²) in [6, 6.07) is 15.4. The molecule has 0 heterocycles. The molecular weight excluding hydrogens is 629 g/mol. The predicted octanol–water partition coefficient (Wildman–Crippen LogP) is 7.33. The van der Waals surface area contributed by atoms with Crippen LogP contribution in [0.5, 0.6) is 0 Å². The quantitative estimate of drug-likeness (QED) is 0.233. The minimum Gasteiger partial charge on any atom is -0.352 e. The summed E-state index contributed by atoms with van der Waals surface area (Å²) in [5.74, 6) is -0.842. The summed E-state index contributed by atoms with van der Waals surface area (Å²) < 4.78 is 29.1. The molecule has 1 fully saturated rings. The molecule has 0 bridgehead atoms. The van der Waals surface area contributed by atoms with Gasteiger partial charge in [0, 0.05) is 27.7 Å². The molecule has 11 heteroatoms. The van der Waals surface area contributed by atoms with Crippen LogP contribution in [-0.4, -0.2) is 43.8 Å². The number of nitrogens with one attached hydrogen (secondary N) is 1. The predicted molar refractivity (Wildman–Crippen MR) is 173 cm³/mol. The number of halogens is 3. The number of anilines is 1. The summed E-state index contributed by atoms with van der Waals surface area (Å²) >= 11 is 19.0. The van der Waals surface area contributed by atoms with Crippen LogP contribution in [0.2, 0.25) is 15.1 Å². The van der Waals surface area contributed by atoms with Crippen molar-refractivity contribution in [1.29, 1.82) is 0 Å². The lowest BCUT2D eigenvalue weighted by atomic mass is 10.1. The van der Waals surface area contributed by atoms with Gasteiger partial charge in [-0.15, -0.1) is 0 Å². The van der Waals surface area contributed by atoms with E-state index in [0.29, 0.717) is 27.1 Å². The Morgan fingerprint density at radius 2 is 1.60 bits per heavy atom. The van der Waals surface area contributed by atoms with Crippen LogP contribution in [-0.2, 0) is 26.2 Å². The fourth-order valence-corrected chi connectivity index (χ4v) is 7.27. The number of carbonyl (C=O) groups excluding carboxylic acids is 2. The van der Waals surface area contributed by atoms with Gasteiger partial charge in [0.1, 0.15) is 12.6 Å². The molecule has 1 aliphatic carbocycles. The zero-order valence-corrected chi connectivity index (χ0v) is 27.5. The van der Waals surface area contributed by atoms with Crippen molar-refractivity contribution in [2.45, 2.75) is 76.4 Å². The Morgan fingerprint density at radius 1 is 0.930 bits per heavy atom. The lowest BCUT2D eigenvalue weighted by molar-refractivity contribution is -0.140. The van der Waals surface area contributed by atoms with Crippen LogP contribution in [0.25, 0.3) is 0 Å². The normalized spacial score (nSPS) is 14.4. The molecule has 1 atom stereocenters. The van der Waals surface area contributed by atoms with Gasteiger partial charge < -0.3 is 10.2 Å². The lowest BCUT2D eigenvalue weighted by Crippen LogP contribution is -2.53. The molecule has 0 saturated heterocycles. The van der Waals surface area contributed by atoms with Crippen molar-refractivity contribution in [3.8, 4) is 0 Å². The topological polar surface area (TPSA) is 86.8 Å². The van der Waals surface area contributed by atoms with Crippen LogP contribution in [0, 0.1) is 13.8 Å². The van der Waals surface area contributed by atoms with Gasteiger partial charge in [-0.05, 0) is 80.6 Å². The highest BCUT2D eigenvalue weighted by Crippen LogP contribution is 2.30. The van der Waals surface area contributed by atoms with E-state index in [9.17, 15) is 18.0 Å². The van der Waals surface area contributed by atoms with E-state index < -0.39 is 28.5 Å². The zero-order chi connectivity index (χ0) is 31.3. The highest BCUT2D eigenvalue weighted by molar-refractivity contribution is 7.92. The van der Waals surface area contributed by atoms with Crippen molar-refractivity contribution in [1.82, 2.24) is 10.2 Å². The Morgan fingerprint density at radius 3 is 2.21 bits per heavy atom. The van der Waals surface area contributed by atoms with Gasteiger partial charge in [0.2, 0.25) is 11.8 Å². The molecule has 230 valence electrons. The molecule has 3 aromatic carbocycles. The largest absolute Gasteiger partial charge is 0.352 e. The molecule has 0 radical (unpaired) electrons. The van der Waals surface area contributed by atoms with Gasteiger partial charge in [0.05, 0.1) is 10.6 Å². The minimum atomic E-state index is -4.20. The Labute approximate surface area is 269 Å². The number of amides is 2. The van der Waals surface area contributed by atoms with Crippen LogP contribution in [0.4, 0.5) is 5.69 Å². The monoisotopic (exact) mass is 663 g/mol. The fourth-order valence-electron chi connectivity index (χ4n) is 5.22. The fraction of sp³-hybridized carbons (Fsp3) is 0.375. The molecule has 0 spiro atoms. The van der Waals surface area contributed by atoms with Gasteiger partial charge in [0.15, 0.2) is 0 Å². The molecule has 4 rings (SSSR count). The van der Waals surface area contributed by atoms with E-state index in [0.717, 1.165) is 41.1 Å². The summed E-state index contributed by atoms with van der Waals surface area (Å²) in [4.78, 5) is 29.3. The van der Waals surface area contributed by atoms with Gasteiger partial charge in [-0.1, -0.05) is 84.4 Å². The molecule has 1 unspecified atom stereocenters. The van der Waals surface area contributed by atoms with Gasteiger partial charge in [-0.3, -0.25) is 13.9 Å². The highest BCUT2D eigenvalue weighted by Gasteiger charge is 2.35. The van der Waals surface area contributed by atoms with Crippen molar-refractivity contribution < 1.29 is 18.0 Å². The van der Waals surface area contributed by atoms with Gasteiger partial charge in [-0.25, -0.2) is 8.42 Å². The van der Waals surface area contributed by atoms with E-state index in [-0.39, 0.29) is 29.1 Å². The van der Waals surface area contributed by atoms with E-state index in [4.69, 9.17) is 34.8 Å². The second-order valence-corrected chi connectivity index (χ2v) is 14.0. The maximum Gasteiger partial charge on any atom is 0.264 e. The minimum absolute atomic E-state index is 0.0154. The summed E-state index contributed by atoms with van der Waals surface area (Å²) in [5.41, 5.74) is 2.47. The number of benzene rings is 3. The van der Waals surface area contributed by atoms with Crippen LogP contribution >= 0.6 is 34.8 Å². The standard InChI is InChI=1S/C32H36Cl3N3O4S/c1-4-30(32(40)36-25-7-5-6-8-25)37(19-23-12-13-24(33)17-29(23)35)31(39)20-38(26-14-11-22(3)28(34)18-26)43(41,42)27-15-9-21(2)10-16-27/h9-18,25,30H,4-8,19-20H2,1-3H3,(H,36,40). The first-order chi connectivity index (χ1) is 20.4. The Kier molecular flexibility index (Phi) is 11.0. The second-order valence-electron chi connectivity index (χ2n) is 10.9. The number of rotatable bonds is 11. The molecular formula is C32H36Cl3N3O4S. The third kappa shape index (κ3) is 8.04. The van der Waals surface area contributed by atoms with Crippen molar-refractivity contribution in [2.75, 3.05) is 10.8 Å². The van der Waals surface area contributed by atoms with E-state index >= 15 is 0 Å². The van der Waals surface area contributed by atoms with Crippen molar-refractivity contribution >= 4 is 62.3 Å². The smallest absolute Gasteiger partial charge is 0.264 e. The summed E-state index contributed by atoms with van der Waals surface area (Å²) in [6.45, 7) is 4.91. The Bertz CT molecular complexity index is 1580. The Balaban J connectivity index is 1.75. The summed E-state index contributed by atoms with van der Waals surface area (Å²) in [5, 5.41) is 4.23. The van der Waals surface area contributed by atoms with Crippen LogP contribution in [0.1, 0.15) is 55.7 Å². The molecule has 43 heavy (non-hydrogen) atoms. The van der Waals surface area contributed by atoms with E-state index in [1.807, 2.05) is 20.8 Å². The average Bonchev–Trinajstić information content (AvgIpc) is 3.47. The van der Waals surface area contributed by atoms with Gasteiger partial charge in [0.25, 0.3) is 10.0 Å². The first-order valence-corrected chi connectivity index (χ1v) is 16.9. The molecule has 3 aromatic rings. The number of nitrogens with zero attached hydrogens (tertiary/aromatic N) is 2. The summed E-state index contributed by atoms with van der Waals surface area (Å²) in [6.07, 6.45) is 4.16. The summed E-state index contributed by atoms with van der Waals surface area (Å²) in [7, 11) is -4.20. The molecule has 1 aliphatic rings. The van der Waals surface area contributed by atoms with Gasteiger partial charge in [-0.2, -0.15) is 0 Å². The van der Waals surface area contributed by atoms with Crippen molar-refractivity contribution in [3.05, 3.63) is 92.4 Å².